The zero-order valence-corrected chi connectivity index (χ0v) is 21.9. The number of allylic oxidation sites excluding steroid dienone is 1. The molecule has 4 rings (SSSR count). The van der Waals surface area contributed by atoms with Gasteiger partial charge in [0.25, 0.3) is 5.56 Å². The van der Waals surface area contributed by atoms with E-state index in [2.05, 4.69) is 4.99 Å². The van der Waals surface area contributed by atoms with Crippen LogP contribution in [0.15, 0.2) is 57.5 Å². The van der Waals surface area contributed by atoms with Gasteiger partial charge in [-0.15, -0.1) is 0 Å². The lowest BCUT2D eigenvalue weighted by molar-refractivity contribution is -0.139. The van der Waals surface area contributed by atoms with Gasteiger partial charge in [-0.25, -0.2) is 9.79 Å². The zero-order chi connectivity index (χ0) is 26.0. The van der Waals surface area contributed by atoms with Gasteiger partial charge in [-0.3, -0.25) is 9.36 Å². The lowest BCUT2D eigenvalue weighted by Crippen LogP contribution is -2.40. The lowest BCUT2D eigenvalue weighted by atomic mass is 9.95. The molecule has 3 aromatic rings. The number of methoxy groups -OCH3 is 3. The maximum Gasteiger partial charge on any atom is 0.338 e. The minimum atomic E-state index is -0.777. The Bertz CT molecular complexity index is 1530. The van der Waals surface area contributed by atoms with Crippen molar-refractivity contribution < 1.29 is 23.7 Å². The Labute approximate surface area is 212 Å². The molecule has 1 unspecified atom stereocenters. The van der Waals surface area contributed by atoms with Crippen LogP contribution in [0, 0.1) is 6.92 Å². The summed E-state index contributed by atoms with van der Waals surface area (Å²) in [7, 11) is 4.72. The number of thiazole rings is 1. The predicted octanol–water partition coefficient (Wildman–Crippen LogP) is 3.13. The molecule has 0 amide bonds. The van der Waals surface area contributed by atoms with E-state index in [9.17, 15) is 9.59 Å². The topological polar surface area (TPSA) is 88.4 Å². The highest BCUT2D eigenvalue weighted by atomic mass is 32.1. The van der Waals surface area contributed by atoms with E-state index < -0.39 is 12.0 Å². The van der Waals surface area contributed by atoms with Gasteiger partial charge in [0.15, 0.2) is 4.80 Å². The summed E-state index contributed by atoms with van der Waals surface area (Å²) in [4.78, 5) is 32.0. The van der Waals surface area contributed by atoms with Crippen molar-refractivity contribution in [3.8, 4) is 17.2 Å². The summed E-state index contributed by atoms with van der Waals surface area (Å²) in [5, 5.41) is 0. The van der Waals surface area contributed by atoms with E-state index in [4.69, 9.17) is 18.9 Å². The summed E-state index contributed by atoms with van der Waals surface area (Å²) in [5.74, 6) is 1.32. The van der Waals surface area contributed by atoms with Gasteiger partial charge in [0.2, 0.25) is 0 Å². The highest BCUT2D eigenvalue weighted by Gasteiger charge is 2.35. The molecule has 0 saturated carbocycles. The molecule has 188 valence electrons. The maximum atomic E-state index is 13.8. The third-order valence-electron chi connectivity index (χ3n) is 5.97. The Balaban J connectivity index is 1.97. The van der Waals surface area contributed by atoms with Crippen LogP contribution in [0.5, 0.6) is 17.2 Å². The van der Waals surface area contributed by atoms with E-state index in [-0.39, 0.29) is 12.2 Å². The molecule has 36 heavy (non-hydrogen) atoms. The van der Waals surface area contributed by atoms with E-state index in [1.807, 2.05) is 31.2 Å². The van der Waals surface area contributed by atoms with Crippen molar-refractivity contribution in [2.45, 2.75) is 26.8 Å². The Kier molecular flexibility index (Phi) is 7.30. The van der Waals surface area contributed by atoms with E-state index in [1.54, 1.807) is 46.3 Å². The van der Waals surface area contributed by atoms with Crippen LogP contribution in [-0.4, -0.2) is 38.5 Å². The number of hydrogen-bond donors (Lipinski definition) is 0. The third-order valence-corrected chi connectivity index (χ3v) is 6.95. The Hall–Kier alpha value is -3.85. The van der Waals surface area contributed by atoms with Crippen LogP contribution >= 0.6 is 11.3 Å². The van der Waals surface area contributed by atoms with Crippen LogP contribution in [0.2, 0.25) is 0 Å². The fourth-order valence-corrected chi connectivity index (χ4v) is 5.32. The molecule has 0 fully saturated rings. The Morgan fingerprint density at radius 3 is 2.44 bits per heavy atom. The second kappa shape index (κ2) is 10.4. The summed E-state index contributed by atoms with van der Waals surface area (Å²) in [5.41, 5.74) is 2.97. The molecule has 0 bridgehead atoms. The quantitative estimate of drug-likeness (QED) is 0.456. The SMILES string of the molecule is CCOC(=O)C1=C(C)N=c2sc(=Cc3ccc(OC)c(C)c3)c(=O)n2C1c1ccc(OC)cc1OC. The molecule has 0 spiro atoms. The number of fused-ring (bicyclic) bond motifs is 1. The number of hydrogen-bond acceptors (Lipinski definition) is 8. The number of esters is 1. The predicted molar refractivity (Wildman–Crippen MR) is 138 cm³/mol. The molecule has 2 heterocycles. The number of aromatic nitrogens is 1. The fourth-order valence-electron chi connectivity index (χ4n) is 4.27. The second-order valence-corrected chi connectivity index (χ2v) is 9.15. The van der Waals surface area contributed by atoms with Gasteiger partial charge in [-0.1, -0.05) is 17.4 Å². The number of carbonyl (C=O) groups excluding carboxylic acids is 1. The molecule has 1 atom stereocenters. The smallest absolute Gasteiger partial charge is 0.338 e. The van der Waals surface area contributed by atoms with Gasteiger partial charge < -0.3 is 18.9 Å². The normalized spacial score (nSPS) is 15.3. The standard InChI is InChI=1S/C27H28N2O6S/c1-7-35-26(31)23-16(3)28-27-29(24(23)19-10-9-18(32-4)14-21(19)34-6)25(30)22(36-27)13-17-8-11-20(33-5)15(2)12-17/h8-14,24H,7H2,1-6H3. The van der Waals surface area contributed by atoms with E-state index in [1.165, 1.54) is 23.0 Å². The summed E-state index contributed by atoms with van der Waals surface area (Å²) >= 11 is 1.27. The van der Waals surface area contributed by atoms with Crippen LogP contribution < -0.4 is 29.1 Å². The van der Waals surface area contributed by atoms with Crippen LogP contribution in [0.1, 0.15) is 36.6 Å². The summed E-state index contributed by atoms with van der Waals surface area (Å²) in [6.07, 6.45) is 1.82. The largest absolute Gasteiger partial charge is 0.497 e. The molecule has 0 N–H and O–H groups in total. The molecule has 0 radical (unpaired) electrons. The highest BCUT2D eigenvalue weighted by molar-refractivity contribution is 7.07. The first-order valence-corrected chi connectivity index (χ1v) is 12.2. The first kappa shape index (κ1) is 25.2. The molecule has 8 nitrogen and oxygen atoms in total. The number of benzene rings is 2. The van der Waals surface area contributed by atoms with Gasteiger partial charge in [0.1, 0.15) is 23.3 Å². The van der Waals surface area contributed by atoms with Gasteiger partial charge in [-0.05, 0) is 62.2 Å². The average Bonchev–Trinajstić information content (AvgIpc) is 3.17. The van der Waals surface area contributed by atoms with Crippen LogP contribution in [0.4, 0.5) is 0 Å². The van der Waals surface area contributed by atoms with Crippen molar-refractivity contribution in [2.75, 3.05) is 27.9 Å². The third kappa shape index (κ3) is 4.54. The van der Waals surface area contributed by atoms with E-state index in [0.717, 1.165) is 16.9 Å². The monoisotopic (exact) mass is 508 g/mol. The van der Waals surface area contributed by atoms with Gasteiger partial charge >= 0.3 is 5.97 Å². The minimum absolute atomic E-state index is 0.198. The first-order chi connectivity index (χ1) is 17.3. The summed E-state index contributed by atoms with van der Waals surface area (Å²) in [6.45, 7) is 5.63. The molecule has 0 saturated heterocycles. The summed E-state index contributed by atoms with van der Waals surface area (Å²) < 4.78 is 23.7. The molecule has 9 heteroatoms. The van der Waals surface area contributed by atoms with E-state index >= 15 is 0 Å². The molecule has 1 aliphatic rings. The van der Waals surface area contributed by atoms with Gasteiger partial charge in [0.05, 0.1) is 43.7 Å². The molecular formula is C27H28N2O6S. The van der Waals surface area contributed by atoms with Gasteiger partial charge in [0, 0.05) is 11.6 Å². The number of nitrogens with zero attached hydrogens (tertiary/aromatic N) is 2. The second-order valence-electron chi connectivity index (χ2n) is 8.14. The molecular weight excluding hydrogens is 480 g/mol. The van der Waals surface area contributed by atoms with Gasteiger partial charge in [-0.2, -0.15) is 0 Å². The van der Waals surface area contributed by atoms with Crippen LogP contribution in [-0.2, 0) is 9.53 Å². The van der Waals surface area contributed by atoms with Crippen molar-refractivity contribution in [1.29, 1.82) is 0 Å². The fraction of sp³-hybridized carbons (Fsp3) is 0.296. The Morgan fingerprint density at radius 1 is 1.06 bits per heavy atom. The van der Waals surface area contributed by atoms with E-state index in [0.29, 0.717) is 37.7 Å². The summed E-state index contributed by atoms with van der Waals surface area (Å²) in [6, 6.07) is 10.2. The average molecular weight is 509 g/mol. The first-order valence-electron chi connectivity index (χ1n) is 11.4. The van der Waals surface area contributed by atoms with Crippen molar-refractivity contribution in [3.05, 3.63) is 84.0 Å². The van der Waals surface area contributed by atoms with Crippen molar-refractivity contribution in [1.82, 2.24) is 4.57 Å². The number of carbonyl (C=O) groups is 1. The number of ether oxygens (including phenoxy) is 4. The zero-order valence-electron chi connectivity index (χ0n) is 21.1. The van der Waals surface area contributed by atoms with Crippen molar-refractivity contribution >= 4 is 23.4 Å². The molecule has 1 aliphatic heterocycles. The molecule has 0 aliphatic carbocycles. The van der Waals surface area contributed by atoms with Crippen LogP contribution in [0.25, 0.3) is 6.08 Å². The van der Waals surface area contributed by atoms with Crippen LogP contribution in [0.3, 0.4) is 0 Å². The number of rotatable bonds is 7. The molecule has 1 aromatic heterocycles. The van der Waals surface area contributed by atoms with Crippen molar-refractivity contribution in [2.24, 2.45) is 4.99 Å². The maximum absolute atomic E-state index is 13.8. The molecule has 2 aromatic carbocycles. The Morgan fingerprint density at radius 2 is 1.81 bits per heavy atom. The minimum Gasteiger partial charge on any atom is -0.497 e. The van der Waals surface area contributed by atoms with Crippen molar-refractivity contribution in [3.63, 3.8) is 0 Å². The lowest BCUT2D eigenvalue weighted by Gasteiger charge is -2.26. The number of aryl methyl sites for hydroxylation is 1. The highest BCUT2D eigenvalue weighted by Crippen LogP contribution is 2.37.